The number of carbonyl (C=O) groups is 2. The quantitative estimate of drug-likeness (QED) is 0.224. The Labute approximate surface area is 240 Å². The van der Waals surface area contributed by atoms with Crippen molar-refractivity contribution in [2.45, 2.75) is 20.1 Å². The number of halogens is 4. The van der Waals surface area contributed by atoms with E-state index in [2.05, 4.69) is 31.9 Å². The van der Waals surface area contributed by atoms with Gasteiger partial charge in [-0.25, -0.2) is 0 Å². The lowest BCUT2D eigenvalue weighted by atomic mass is 10.1. The molecule has 3 aromatic carbocycles. The molecule has 1 saturated heterocycles. The van der Waals surface area contributed by atoms with Crippen molar-refractivity contribution in [3.8, 4) is 11.5 Å². The van der Waals surface area contributed by atoms with E-state index in [-0.39, 0.29) is 24.3 Å². The van der Waals surface area contributed by atoms with E-state index in [1.807, 2.05) is 37.3 Å². The Kier molecular flexibility index (Phi) is 9.06. The van der Waals surface area contributed by atoms with Crippen LogP contribution in [0, 0.1) is 0 Å². The minimum Gasteiger partial charge on any atom is -0.490 e. The van der Waals surface area contributed by atoms with Crippen LogP contribution in [0.15, 0.2) is 68.4 Å². The number of thioether (sulfide) groups is 1. The first-order chi connectivity index (χ1) is 17.2. The molecule has 36 heavy (non-hydrogen) atoms. The maximum absolute atomic E-state index is 13.0. The van der Waals surface area contributed by atoms with Gasteiger partial charge in [-0.2, -0.15) is 0 Å². The summed E-state index contributed by atoms with van der Waals surface area (Å²) in [6.07, 6.45) is 1.68. The lowest BCUT2D eigenvalue weighted by Gasteiger charge is -2.15. The van der Waals surface area contributed by atoms with Gasteiger partial charge < -0.3 is 9.47 Å². The van der Waals surface area contributed by atoms with Crippen LogP contribution in [0.3, 0.4) is 0 Å². The molecule has 5 nitrogen and oxygen atoms in total. The van der Waals surface area contributed by atoms with E-state index in [0.29, 0.717) is 43.1 Å². The number of carbonyl (C=O) groups excluding carboxylic acids is 2. The Balaban J connectivity index is 1.56. The second-order valence-corrected chi connectivity index (χ2v) is 11.3. The standard InChI is InChI=1S/C26H19Br2Cl2NO4S/c1-2-34-22-10-16(9-20(28)24(22)35-14-17-6-7-19(29)12-21(17)30)11-23-25(32)31(26(33)36-23)13-15-4-3-5-18(27)8-15/h3-12H,2,13-14H2,1H3/b23-11-. The fraction of sp³-hybridized carbons (Fsp3) is 0.154. The third-order valence-corrected chi connectivity index (χ3v) is 7.70. The van der Waals surface area contributed by atoms with Crippen molar-refractivity contribution in [2.75, 3.05) is 6.61 Å². The van der Waals surface area contributed by atoms with Gasteiger partial charge in [-0.3, -0.25) is 14.5 Å². The minimum absolute atomic E-state index is 0.204. The van der Waals surface area contributed by atoms with Crippen molar-refractivity contribution in [3.63, 3.8) is 0 Å². The maximum Gasteiger partial charge on any atom is 0.293 e. The number of nitrogens with zero attached hydrogens (tertiary/aromatic N) is 1. The zero-order valence-corrected chi connectivity index (χ0v) is 24.4. The van der Waals surface area contributed by atoms with Crippen LogP contribution in [0.5, 0.6) is 11.5 Å². The van der Waals surface area contributed by atoms with E-state index in [4.69, 9.17) is 32.7 Å². The topological polar surface area (TPSA) is 55.8 Å². The predicted octanol–water partition coefficient (Wildman–Crippen LogP) is 8.73. The number of hydrogen-bond acceptors (Lipinski definition) is 5. The molecule has 0 bridgehead atoms. The summed E-state index contributed by atoms with van der Waals surface area (Å²) in [5, 5.41) is 0.743. The van der Waals surface area contributed by atoms with Gasteiger partial charge >= 0.3 is 0 Å². The average molecular weight is 672 g/mol. The normalized spacial score (nSPS) is 14.6. The molecule has 186 valence electrons. The zero-order chi connectivity index (χ0) is 25.8. The van der Waals surface area contributed by atoms with Crippen molar-refractivity contribution in [1.29, 1.82) is 0 Å². The Bertz CT molecular complexity index is 1370. The Hall–Kier alpha value is -1.97. The van der Waals surface area contributed by atoms with E-state index >= 15 is 0 Å². The molecule has 0 spiro atoms. The van der Waals surface area contributed by atoms with Crippen LogP contribution in [0.25, 0.3) is 6.08 Å². The van der Waals surface area contributed by atoms with E-state index in [0.717, 1.165) is 27.4 Å². The van der Waals surface area contributed by atoms with Gasteiger partial charge in [0.15, 0.2) is 11.5 Å². The number of ether oxygens (including phenoxy) is 2. The molecular formula is C26H19Br2Cl2NO4S. The van der Waals surface area contributed by atoms with Crippen LogP contribution in [0.2, 0.25) is 10.0 Å². The fourth-order valence-electron chi connectivity index (χ4n) is 3.47. The van der Waals surface area contributed by atoms with Gasteiger partial charge in [-0.15, -0.1) is 0 Å². The lowest BCUT2D eigenvalue weighted by molar-refractivity contribution is -0.123. The van der Waals surface area contributed by atoms with Crippen molar-refractivity contribution < 1.29 is 19.1 Å². The maximum atomic E-state index is 13.0. The van der Waals surface area contributed by atoms with E-state index in [1.54, 1.807) is 30.3 Å². The molecule has 0 atom stereocenters. The molecule has 1 fully saturated rings. The largest absolute Gasteiger partial charge is 0.490 e. The predicted molar refractivity (Wildman–Crippen MR) is 152 cm³/mol. The average Bonchev–Trinajstić information content (AvgIpc) is 3.07. The van der Waals surface area contributed by atoms with Crippen molar-refractivity contribution in [1.82, 2.24) is 4.90 Å². The molecule has 0 N–H and O–H groups in total. The highest BCUT2D eigenvalue weighted by atomic mass is 79.9. The highest BCUT2D eigenvalue weighted by Gasteiger charge is 2.35. The smallest absolute Gasteiger partial charge is 0.293 e. The third-order valence-electron chi connectivity index (χ3n) is 5.12. The highest BCUT2D eigenvalue weighted by molar-refractivity contribution is 9.10. The SMILES string of the molecule is CCOc1cc(/C=C2\SC(=O)N(Cc3cccc(Br)c3)C2=O)cc(Br)c1OCc1ccc(Cl)cc1Cl. The number of hydrogen-bond donors (Lipinski definition) is 0. The van der Waals surface area contributed by atoms with Gasteiger partial charge in [0.05, 0.1) is 22.5 Å². The second-order valence-electron chi connectivity index (χ2n) is 7.69. The summed E-state index contributed by atoms with van der Waals surface area (Å²) in [5.74, 6) is 0.663. The van der Waals surface area contributed by atoms with Crippen LogP contribution in [0.4, 0.5) is 4.79 Å². The van der Waals surface area contributed by atoms with Gasteiger partial charge in [-0.05, 0) is 88.2 Å². The molecule has 2 amide bonds. The van der Waals surface area contributed by atoms with Crippen LogP contribution in [-0.2, 0) is 17.9 Å². The molecule has 0 aliphatic carbocycles. The third kappa shape index (κ3) is 6.47. The Morgan fingerprint density at radius 3 is 2.56 bits per heavy atom. The summed E-state index contributed by atoms with van der Waals surface area (Å²) >= 11 is 20.1. The van der Waals surface area contributed by atoms with Crippen molar-refractivity contribution in [3.05, 3.63) is 95.2 Å². The van der Waals surface area contributed by atoms with Gasteiger partial charge in [0.2, 0.25) is 0 Å². The molecule has 0 saturated carbocycles. The number of imide groups is 1. The van der Waals surface area contributed by atoms with Crippen LogP contribution >= 0.6 is 66.8 Å². The summed E-state index contributed by atoms with van der Waals surface area (Å²) < 4.78 is 13.4. The fourth-order valence-corrected chi connectivity index (χ4v) is 5.79. The number of benzene rings is 3. The molecule has 1 aliphatic heterocycles. The zero-order valence-electron chi connectivity index (χ0n) is 18.9. The van der Waals surface area contributed by atoms with E-state index in [9.17, 15) is 9.59 Å². The first kappa shape index (κ1) is 27.1. The first-order valence-corrected chi connectivity index (χ1v) is 13.9. The van der Waals surface area contributed by atoms with Gasteiger partial charge in [-0.1, -0.05) is 57.3 Å². The van der Waals surface area contributed by atoms with Gasteiger partial charge in [0, 0.05) is 20.1 Å². The summed E-state index contributed by atoms with van der Waals surface area (Å²) in [7, 11) is 0. The van der Waals surface area contributed by atoms with Crippen molar-refractivity contribution >= 4 is 84.0 Å². The highest BCUT2D eigenvalue weighted by Crippen LogP contribution is 2.40. The van der Waals surface area contributed by atoms with Crippen molar-refractivity contribution in [2.24, 2.45) is 0 Å². The lowest BCUT2D eigenvalue weighted by Crippen LogP contribution is -2.27. The second kappa shape index (κ2) is 12.0. The first-order valence-electron chi connectivity index (χ1n) is 10.8. The molecule has 1 heterocycles. The number of amides is 2. The van der Waals surface area contributed by atoms with E-state index in [1.165, 1.54) is 4.90 Å². The van der Waals surface area contributed by atoms with E-state index < -0.39 is 0 Å². The van der Waals surface area contributed by atoms with Crippen LogP contribution < -0.4 is 9.47 Å². The molecular weight excluding hydrogens is 653 g/mol. The summed E-state index contributed by atoms with van der Waals surface area (Å²) in [4.78, 5) is 27.2. The molecule has 1 aliphatic rings. The van der Waals surface area contributed by atoms with Gasteiger partial charge in [0.1, 0.15) is 6.61 Å². The molecule has 0 unspecified atom stereocenters. The Morgan fingerprint density at radius 2 is 1.83 bits per heavy atom. The Morgan fingerprint density at radius 1 is 1.03 bits per heavy atom. The minimum atomic E-state index is -0.336. The molecule has 0 radical (unpaired) electrons. The summed E-state index contributed by atoms with van der Waals surface area (Å²) in [6, 6.07) is 16.3. The molecule has 3 aromatic rings. The molecule has 10 heteroatoms. The van der Waals surface area contributed by atoms with Crippen LogP contribution in [0.1, 0.15) is 23.6 Å². The number of rotatable bonds is 8. The summed E-state index contributed by atoms with van der Waals surface area (Å²) in [5.41, 5.74) is 2.32. The monoisotopic (exact) mass is 669 g/mol. The summed E-state index contributed by atoms with van der Waals surface area (Å²) in [6.45, 7) is 2.70. The van der Waals surface area contributed by atoms with Crippen LogP contribution in [-0.4, -0.2) is 22.7 Å². The van der Waals surface area contributed by atoms with Gasteiger partial charge in [0.25, 0.3) is 11.1 Å². The molecule has 4 rings (SSSR count). The molecule has 0 aromatic heterocycles.